The summed E-state index contributed by atoms with van der Waals surface area (Å²) in [6.07, 6.45) is 3.65. The molecule has 4 aromatic heterocycles. The van der Waals surface area contributed by atoms with Crippen LogP contribution in [-0.4, -0.2) is 19.5 Å². The number of benzene rings is 4. The predicted molar refractivity (Wildman–Crippen MR) is 188 cm³/mol. The molecule has 0 aliphatic rings. The predicted octanol–water partition coefficient (Wildman–Crippen LogP) is 11.5. The SMILES string of the molecule is Brc1cccc(-n2c3ccccc3c3cccnc32)c1.Brc1cccc(Br)c1.C.c1ccc2c(c1)[nH]c1ncccc12. The number of hydrogen-bond acceptors (Lipinski definition) is 2. The van der Waals surface area contributed by atoms with E-state index in [0.717, 1.165) is 35.9 Å². The Morgan fingerprint density at radius 1 is 0.524 bits per heavy atom. The maximum Gasteiger partial charge on any atom is 0.145 e. The number of halogens is 3. The van der Waals surface area contributed by atoms with Crippen LogP contribution in [0.25, 0.3) is 49.6 Å². The van der Waals surface area contributed by atoms with E-state index in [0.29, 0.717) is 0 Å². The topological polar surface area (TPSA) is 46.5 Å². The Labute approximate surface area is 269 Å². The van der Waals surface area contributed by atoms with Gasteiger partial charge in [-0.05, 0) is 72.8 Å². The van der Waals surface area contributed by atoms with E-state index in [4.69, 9.17) is 0 Å². The number of rotatable bonds is 1. The third-order valence-corrected chi connectivity index (χ3v) is 8.04. The second kappa shape index (κ2) is 13.5. The van der Waals surface area contributed by atoms with E-state index in [-0.39, 0.29) is 7.43 Å². The van der Waals surface area contributed by atoms with Crippen molar-refractivity contribution in [2.75, 3.05) is 0 Å². The number of nitrogens with zero attached hydrogens (tertiary/aromatic N) is 3. The minimum Gasteiger partial charge on any atom is -0.339 e. The summed E-state index contributed by atoms with van der Waals surface area (Å²) in [7, 11) is 0. The highest BCUT2D eigenvalue weighted by Gasteiger charge is 2.12. The molecule has 4 aromatic carbocycles. The second-order valence-corrected chi connectivity index (χ2v) is 12.0. The lowest BCUT2D eigenvalue weighted by molar-refractivity contribution is 1.13. The number of aromatic nitrogens is 4. The highest BCUT2D eigenvalue weighted by Crippen LogP contribution is 2.31. The van der Waals surface area contributed by atoms with Gasteiger partial charge in [0.1, 0.15) is 11.3 Å². The normalized spacial score (nSPS) is 10.5. The molecule has 0 aliphatic heterocycles. The fraction of sp³-hybridized carbons (Fsp3) is 0.0286. The summed E-state index contributed by atoms with van der Waals surface area (Å²) in [5.74, 6) is 0. The summed E-state index contributed by atoms with van der Waals surface area (Å²) < 4.78 is 5.48. The molecule has 0 atom stereocenters. The van der Waals surface area contributed by atoms with E-state index in [1.165, 1.54) is 27.1 Å². The zero-order valence-corrected chi connectivity index (χ0v) is 26.4. The molecule has 0 saturated heterocycles. The highest BCUT2D eigenvalue weighted by atomic mass is 79.9. The third-order valence-electron chi connectivity index (χ3n) is 6.56. The largest absolute Gasteiger partial charge is 0.339 e. The molecule has 0 aliphatic carbocycles. The Hall–Kier alpha value is -3.78. The van der Waals surface area contributed by atoms with Crippen molar-refractivity contribution in [1.82, 2.24) is 19.5 Å². The number of aromatic amines is 1. The fourth-order valence-electron chi connectivity index (χ4n) is 4.81. The Kier molecular flexibility index (Phi) is 9.52. The smallest absolute Gasteiger partial charge is 0.145 e. The number of fused-ring (bicyclic) bond motifs is 6. The maximum absolute atomic E-state index is 4.57. The van der Waals surface area contributed by atoms with Crippen LogP contribution in [0.5, 0.6) is 0 Å². The summed E-state index contributed by atoms with van der Waals surface area (Å²) in [6, 6.07) is 41.1. The van der Waals surface area contributed by atoms with Crippen LogP contribution in [0.3, 0.4) is 0 Å². The summed E-state index contributed by atoms with van der Waals surface area (Å²) in [6.45, 7) is 0. The van der Waals surface area contributed by atoms with Gasteiger partial charge >= 0.3 is 0 Å². The van der Waals surface area contributed by atoms with Crippen molar-refractivity contribution < 1.29 is 0 Å². The minimum absolute atomic E-state index is 0. The van der Waals surface area contributed by atoms with Gasteiger partial charge in [-0.1, -0.05) is 104 Å². The lowest BCUT2D eigenvalue weighted by Crippen LogP contribution is -1.94. The number of pyridine rings is 2. The van der Waals surface area contributed by atoms with E-state index < -0.39 is 0 Å². The molecule has 1 N–H and O–H groups in total. The van der Waals surface area contributed by atoms with Gasteiger partial charge in [-0.3, -0.25) is 4.57 Å². The Morgan fingerprint density at radius 2 is 1.12 bits per heavy atom. The molecule has 208 valence electrons. The first-order valence-corrected chi connectivity index (χ1v) is 15.3. The van der Waals surface area contributed by atoms with Crippen molar-refractivity contribution in [2.45, 2.75) is 7.43 Å². The van der Waals surface area contributed by atoms with Gasteiger partial charge < -0.3 is 4.98 Å². The van der Waals surface area contributed by atoms with Gasteiger partial charge in [0.05, 0.1) is 5.52 Å². The van der Waals surface area contributed by atoms with Crippen molar-refractivity contribution in [2.24, 2.45) is 0 Å². The number of nitrogens with one attached hydrogen (secondary N) is 1. The zero-order valence-electron chi connectivity index (χ0n) is 21.7. The van der Waals surface area contributed by atoms with E-state index in [1.807, 2.05) is 66.9 Å². The summed E-state index contributed by atoms with van der Waals surface area (Å²) in [5.41, 5.74) is 5.40. The van der Waals surface area contributed by atoms with Crippen molar-refractivity contribution in [3.05, 3.63) is 147 Å². The van der Waals surface area contributed by atoms with Crippen LogP contribution in [0, 0.1) is 0 Å². The molecular formula is C35H27Br3N4. The second-order valence-electron chi connectivity index (χ2n) is 9.22. The van der Waals surface area contributed by atoms with Gasteiger partial charge in [-0.2, -0.15) is 0 Å². The van der Waals surface area contributed by atoms with Gasteiger partial charge in [0, 0.05) is 58.6 Å². The average Bonchev–Trinajstić information content (AvgIpc) is 3.54. The average molecular weight is 743 g/mol. The van der Waals surface area contributed by atoms with Crippen molar-refractivity contribution in [3.63, 3.8) is 0 Å². The van der Waals surface area contributed by atoms with Crippen LogP contribution in [0.2, 0.25) is 0 Å². The highest BCUT2D eigenvalue weighted by molar-refractivity contribution is 9.11. The molecule has 0 bridgehead atoms. The van der Waals surface area contributed by atoms with E-state index in [2.05, 4.69) is 128 Å². The van der Waals surface area contributed by atoms with Gasteiger partial charge in [0.15, 0.2) is 0 Å². The van der Waals surface area contributed by atoms with Crippen molar-refractivity contribution in [3.8, 4) is 5.69 Å². The van der Waals surface area contributed by atoms with Crippen LogP contribution < -0.4 is 0 Å². The number of para-hydroxylation sites is 2. The first-order valence-electron chi connectivity index (χ1n) is 12.9. The molecule has 8 aromatic rings. The van der Waals surface area contributed by atoms with Gasteiger partial charge in [0.25, 0.3) is 0 Å². The molecule has 42 heavy (non-hydrogen) atoms. The molecular weight excluding hydrogens is 716 g/mol. The fourth-order valence-corrected chi connectivity index (χ4v) is 6.30. The van der Waals surface area contributed by atoms with Crippen molar-refractivity contribution in [1.29, 1.82) is 0 Å². The molecule has 8 rings (SSSR count). The van der Waals surface area contributed by atoms with Gasteiger partial charge in [-0.15, -0.1) is 0 Å². The molecule has 0 amide bonds. The molecule has 0 radical (unpaired) electrons. The molecule has 0 unspecified atom stereocenters. The quantitative estimate of drug-likeness (QED) is 0.182. The number of H-pyrrole nitrogens is 1. The molecule has 7 heteroatoms. The standard InChI is InChI=1S/C17H11BrN2.C11H8N2.C6H4Br2.CH4/c18-12-5-3-6-13(11-12)20-16-9-2-1-7-14(16)15-8-4-10-19-17(15)20;1-2-6-10-8(4-1)9-5-3-7-12-11(9)13-10;7-5-2-1-3-6(8)4-5;/h1-11H;1-7H,(H,12,13);1-4H;1H4. The van der Waals surface area contributed by atoms with Crippen LogP contribution in [0.4, 0.5) is 0 Å². The first kappa shape index (κ1) is 29.7. The molecule has 0 spiro atoms. The molecule has 4 heterocycles. The van der Waals surface area contributed by atoms with Crippen LogP contribution in [0.15, 0.2) is 147 Å². The summed E-state index contributed by atoms with van der Waals surface area (Å²) >= 11 is 10.2. The van der Waals surface area contributed by atoms with Gasteiger partial charge in [-0.25, -0.2) is 9.97 Å². The van der Waals surface area contributed by atoms with Crippen LogP contribution in [-0.2, 0) is 0 Å². The monoisotopic (exact) mass is 740 g/mol. The lowest BCUT2D eigenvalue weighted by atomic mass is 10.2. The summed E-state index contributed by atoms with van der Waals surface area (Å²) in [5, 5.41) is 4.85. The minimum atomic E-state index is 0. The Morgan fingerprint density at radius 3 is 1.83 bits per heavy atom. The zero-order chi connectivity index (χ0) is 28.2. The maximum atomic E-state index is 4.57. The Bertz CT molecular complexity index is 1990. The van der Waals surface area contributed by atoms with Crippen LogP contribution >= 0.6 is 47.8 Å². The van der Waals surface area contributed by atoms with Crippen LogP contribution in [0.1, 0.15) is 7.43 Å². The molecule has 0 saturated carbocycles. The Balaban J connectivity index is 0.000000138. The first-order chi connectivity index (χ1) is 20.1. The molecule has 4 nitrogen and oxygen atoms in total. The summed E-state index contributed by atoms with van der Waals surface area (Å²) in [4.78, 5) is 12.1. The van der Waals surface area contributed by atoms with Crippen molar-refractivity contribution >= 4 is 91.7 Å². The van der Waals surface area contributed by atoms with Gasteiger partial charge in [0.2, 0.25) is 0 Å². The van der Waals surface area contributed by atoms with E-state index >= 15 is 0 Å². The lowest BCUT2D eigenvalue weighted by Gasteiger charge is -2.07. The van der Waals surface area contributed by atoms with E-state index in [9.17, 15) is 0 Å². The third kappa shape index (κ3) is 6.33. The van der Waals surface area contributed by atoms with E-state index in [1.54, 1.807) is 6.20 Å². The molecule has 0 fully saturated rings. The number of hydrogen-bond donors (Lipinski definition) is 1.